The number of likely N-dealkylation sites (tertiary alicyclic amines) is 1. The predicted molar refractivity (Wildman–Crippen MR) is 350 cm³/mol. The maximum absolute atomic E-state index is 14.7. The van der Waals surface area contributed by atoms with Crippen molar-refractivity contribution in [2.75, 3.05) is 25.5 Å². The number of carbonyl (C=O) groups is 13. The molecule has 3 heterocycles. The monoisotopic (exact) mass is 1450 g/mol. The lowest BCUT2D eigenvalue weighted by molar-refractivity contribution is -0.343. The van der Waals surface area contributed by atoms with Gasteiger partial charge in [0.05, 0.1) is 38.5 Å². The van der Waals surface area contributed by atoms with Gasteiger partial charge in [-0.2, -0.15) is 0 Å². The Morgan fingerprint density at radius 3 is 1.72 bits per heavy atom. The van der Waals surface area contributed by atoms with Crippen molar-refractivity contribution in [1.82, 2.24) is 47.4 Å². The van der Waals surface area contributed by atoms with Gasteiger partial charge in [0.1, 0.15) is 96.9 Å². The Balaban J connectivity index is 1.24. The number of phenolic OH excluding ortho intramolecular Hbond substituents is 1. The van der Waals surface area contributed by atoms with Crippen molar-refractivity contribution in [3.05, 3.63) is 95.6 Å². The van der Waals surface area contributed by atoms with Crippen LogP contribution in [0.15, 0.2) is 78.9 Å². The second kappa shape index (κ2) is 38.3. The molecule has 564 valence electrons. The third kappa shape index (κ3) is 23.5. The van der Waals surface area contributed by atoms with Gasteiger partial charge in [-0.1, -0.05) is 68.4 Å². The Morgan fingerprint density at radius 2 is 1.13 bits per heavy atom. The Bertz CT molecular complexity index is 3500. The van der Waals surface area contributed by atoms with Crippen molar-refractivity contribution in [3.8, 4) is 5.75 Å². The average molecular weight is 1450 g/mol. The van der Waals surface area contributed by atoms with Crippen LogP contribution in [0.5, 0.6) is 5.75 Å². The van der Waals surface area contributed by atoms with Crippen molar-refractivity contribution in [2.24, 2.45) is 11.7 Å². The van der Waals surface area contributed by atoms with Gasteiger partial charge in [0.15, 0.2) is 18.3 Å². The molecule has 10 amide bonds. The van der Waals surface area contributed by atoms with Crippen LogP contribution in [0.25, 0.3) is 0 Å². The molecule has 0 aliphatic carbocycles. The number of Topliss-reactive ketones (excluding diaryl/α,β-unsaturated/α-hetero) is 1. The minimum Gasteiger partial charge on any atom is -0.508 e. The Morgan fingerprint density at radius 1 is 0.583 bits per heavy atom. The van der Waals surface area contributed by atoms with Gasteiger partial charge in [-0.25, -0.2) is 9.59 Å². The lowest BCUT2D eigenvalue weighted by Crippen LogP contribution is -2.67. The second-order valence-electron chi connectivity index (χ2n) is 25.2. The van der Waals surface area contributed by atoms with Crippen molar-refractivity contribution < 1.29 is 133 Å². The number of ketones is 1. The molecule has 18 atom stereocenters. The van der Waals surface area contributed by atoms with Crippen LogP contribution in [-0.2, 0) is 79.8 Å². The molecule has 3 saturated heterocycles. The van der Waals surface area contributed by atoms with E-state index in [-0.39, 0.29) is 61.2 Å². The highest BCUT2D eigenvalue weighted by molar-refractivity contribution is 6.06. The first kappa shape index (κ1) is 81.9. The summed E-state index contributed by atoms with van der Waals surface area (Å²) in [6.07, 6.45) is -24.7. The van der Waals surface area contributed by atoms with E-state index in [0.717, 1.165) is 17.0 Å². The molecule has 3 aliphatic heterocycles. The van der Waals surface area contributed by atoms with Gasteiger partial charge in [0.2, 0.25) is 47.3 Å². The molecule has 3 aliphatic rings. The smallest absolute Gasteiger partial charge is 0.326 e. The summed E-state index contributed by atoms with van der Waals surface area (Å²) in [6, 6.07) is 3.61. The molecule has 3 aromatic rings. The van der Waals surface area contributed by atoms with Crippen LogP contribution in [0.3, 0.4) is 0 Å². The average Bonchev–Trinajstić information content (AvgIpc) is 0.808. The molecule has 3 fully saturated rings. The van der Waals surface area contributed by atoms with Crippen LogP contribution in [0.2, 0.25) is 0 Å². The summed E-state index contributed by atoms with van der Waals surface area (Å²) < 4.78 is 16.5. The van der Waals surface area contributed by atoms with E-state index in [1.165, 1.54) is 24.3 Å². The molecule has 6 rings (SSSR count). The highest BCUT2D eigenvalue weighted by Crippen LogP contribution is 2.30. The Hall–Kier alpha value is -10.0. The first-order valence-corrected chi connectivity index (χ1v) is 32.6. The van der Waals surface area contributed by atoms with Crippen LogP contribution in [0.4, 0.5) is 10.5 Å². The normalized spacial score (nSPS) is 23.7. The number of nitrogens with one attached hydrogen (secondary N) is 8. The van der Waals surface area contributed by atoms with E-state index in [1.807, 2.05) is 5.32 Å². The van der Waals surface area contributed by atoms with E-state index < -0.39 is 238 Å². The minimum atomic E-state index is -2.32. The van der Waals surface area contributed by atoms with Crippen molar-refractivity contribution in [1.29, 1.82) is 0 Å². The zero-order valence-electron chi connectivity index (χ0n) is 55.7. The number of phenols is 1. The van der Waals surface area contributed by atoms with Crippen LogP contribution >= 0.6 is 0 Å². The number of ether oxygens (including phenoxy) is 3. The van der Waals surface area contributed by atoms with E-state index in [9.17, 15) is 119 Å². The maximum Gasteiger partial charge on any atom is 0.326 e. The largest absolute Gasteiger partial charge is 0.508 e. The van der Waals surface area contributed by atoms with Crippen molar-refractivity contribution >= 4 is 82.7 Å². The standard InChI is InChI=1S/C65H87N11O27/c1-29(2)21-40(62(97)76-20-8-13-42(76)60(96)68-35(18-19-45(67)80)56(92)69-36(22-30-9-4-3-5-10-30)49(86)33-11-6-7-12-34(33)66)71-59(95)39(25-47(82)83)74-65(100)73-38(58(94)70-37(23-31-14-16-32(79)17-15-31)57(93)72-41(63(98)99)26-48(84)85)24-46(81)75-61-53(90)52(89)55(44(28-78)101-61)103-64-54(91)51(88)50(87)43(27-77)102-64/h3-7,9-12,14-17,29,35-44,50-55,61,64,77-79,87-91H,8,13,18-28,66H2,1-2H3,(H2,67,80)(H,68,96)(H,69,92)(H,70,94)(H,71,95)(H,72,93)(H,75,81)(H,82,83)(H,84,85)(H,98,99)(H2,73,74,100)/t35-,36-,37-,38-,39-,40-,41-,42-,43+,44+,50-,51-,52+,53+,54+,55+,61+,64-/m0/s1. The van der Waals surface area contributed by atoms with Gasteiger partial charge in [-0.3, -0.25) is 52.7 Å². The summed E-state index contributed by atoms with van der Waals surface area (Å²) in [5, 5.41) is 131. The maximum atomic E-state index is 14.7. The van der Waals surface area contributed by atoms with E-state index in [4.69, 9.17) is 25.7 Å². The molecule has 0 aromatic heterocycles. The number of amides is 10. The van der Waals surface area contributed by atoms with Gasteiger partial charge in [0, 0.05) is 37.1 Å². The van der Waals surface area contributed by atoms with E-state index in [0.29, 0.717) is 5.56 Å². The molecule has 0 radical (unpaired) electrons. The van der Waals surface area contributed by atoms with Gasteiger partial charge in [0.25, 0.3) is 0 Å². The molecule has 0 unspecified atom stereocenters. The van der Waals surface area contributed by atoms with Crippen LogP contribution in [-0.4, -0.2) is 267 Å². The van der Waals surface area contributed by atoms with E-state index in [2.05, 4.69) is 37.2 Å². The van der Waals surface area contributed by atoms with Crippen LogP contribution in [0, 0.1) is 5.92 Å². The molecule has 23 N–H and O–H groups in total. The molecule has 103 heavy (non-hydrogen) atoms. The highest BCUT2D eigenvalue weighted by atomic mass is 16.7. The number of aliphatic hydroxyl groups excluding tert-OH is 7. The van der Waals surface area contributed by atoms with E-state index >= 15 is 0 Å². The number of nitrogen functional groups attached to an aromatic ring is 1. The molecule has 3 aromatic carbocycles. The number of hydrogen-bond donors (Lipinski definition) is 21. The number of primary amides is 1. The summed E-state index contributed by atoms with van der Waals surface area (Å²) in [7, 11) is 0. The summed E-state index contributed by atoms with van der Waals surface area (Å²) >= 11 is 0. The Labute approximate surface area is 587 Å². The molecule has 0 bridgehead atoms. The van der Waals surface area contributed by atoms with Crippen LogP contribution in [0.1, 0.15) is 86.7 Å². The van der Waals surface area contributed by atoms with Gasteiger partial charge in [-0.15, -0.1) is 0 Å². The third-order valence-corrected chi connectivity index (χ3v) is 16.9. The molecule has 38 nitrogen and oxygen atoms in total. The number of carbonyl (C=O) groups excluding carboxylic acids is 10. The van der Waals surface area contributed by atoms with Gasteiger partial charge in [-0.05, 0) is 67.0 Å². The number of nitrogens with two attached hydrogens (primary N) is 2. The summed E-state index contributed by atoms with van der Waals surface area (Å²) in [5.74, 6) is -15.8. The fraction of sp³-hybridized carbons (Fsp3) is 0.523. The summed E-state index contributed by atoms with van der Waals surface area (Å²) in [4.78, 5) is 178. The number of urea groups is 1. The molecule has 38 heteroatoms. The number of anilines is 1. The zero-order valence-corrected chi connectivity index (χ0v) is 55.7. The zero-order chi connectivity index (χ0) is 76.1. The van der Waals surface area contributed by atoms with E-state index in [1.54, 1.807) is 56.3 Å². The molecular weight excluding hydrogens is 1370 g/mol. The highest BCUT2D eigenvalue weighted by Gasteiger charge is 2.51. The predicted octanol–water partition coefficient (Wildman–Crippen LogP) is -6.43. The topological polar surface area (TPSA) is 624 Å². The summed E-state index contributed by atoms with van der Waals surface area (Å²) in [5.41, 5.74) is 12.6. The number of benzene rings is 3. The fourth-order valence-electron chi connectivity index (χ4n) is 11.6. The minimum absolute atomic E-state index is 0.0121. The molecule has 0 saturated carbocycles. The number of para-hydroxylation sites is 1. The number of carboxylic acid groups (broad SMARTS) is 3. The summed E-state index contributed by atoms with van der Waals surface area (Å²) in [6.45, 7) is 1.17. The third-order valence-electron chi connectivity index (χ3n) is 16.9. The number of rotatable bonds is 36. The lowest BCUT2D eigenvalue weighted by Gasteiger charge is -2.46. The van der Waals surface area contributed by atoms with Crippen molar-refractivity contribution in [3.63, 3.8) is 0 Å². The SMILES string of the molecule is CC(C)C[C@H](NC(=O)[C@H](CC(=O)O)NC(=O)N[C@@H](CC(=O)N[C@@H]1O[C@H](CO)[C@@H](O[C@@H]2O[C@H](CO)[C@H](O)[C@H](O)[C@H]2O)[C@H](O)[C@H]1O)C(=O)N[C@@H](Cc1ccc(O)cc1)C(=O)N[C@@H](CC(=O)O)C(=O)O)C(=O)N1CCC[C@H]1C(=O)N[C@@H](CCC(N)=O)C(=O)N[C@@H](Cc1ccccc1)C(=O)c1ccccc1N. The number of aromatic hydroxyl groups is 1. The Kier molecular flexibility index (Phi) is 30.5. The van der Waals surface area contributed by atoms with Crippen molar-refractivity contribution in [2.45, 2.75) is 188 Å². The first-order chi connectivity index (χ1) is 48.7. The quantitative estimate of drug-likeness (QED) is 0.0190. The van der Waals surface area contributed by atoms with Gasteiger partial charge >= 0.3 is 23.9 Å². The fourth-order valence-corrected chi connectivity index (χ4v) is 11.6. The lowest BCUT2D eigenvalue weighted by atomic mass is 9.96. The number of hydrogen-bond acceptors (Lipinski definition) is 25. The second-order valence-corrected chi connectivity index (χ2v) is 25.2. The van der Waals surface area contributed by atoms with Gasteiger partial charge < -0.3 is 129 Å². The van der Waals surface area contributed by atoms with Crippen LogP contribution < -0.4 is 54.0 Å². The molecular formula is C65H87N11O27. The number of carboxylic acids is 3. The number of aliphatic carboxylic acids is 3. The number of aliphatic hydroxyl groups is 7. The molecule has 0 spiro atoms. The number of nitrogens with zero attached hydrogens (tertiary/aromatic N) is 1. The first-order valence-electron chi connectivity index (χ1n) is 32.6.